The molecular formula is C12H17N7O. The van der Waals surface area contributed by atoms with Crippen molar-refractivity contribution in [2.45, 2.75) is 6.54 Å². The van der Waals surface area contributed by atoms with Crippen molar-refractivity contribution in [3.05, 3.63) is 12.0 Å². The molecule has 2 aromatic heterocycles. The molecule has 1 fully saturated rings. The monoisotopic (exact) mass is 275 g/mol. The molecule has 3 heterocycles. The van der Waals surface area contributed by atoms with Crippen molar-refractivity contribution < 1.29 is 4.79 Å². The van der Waals surface area contributed by atoms with Crippen LogP contribution in [0, 0.1) is 0 Å². The maximum atomic E-state index is 11.4. The number of nitrogens with zero attached hydrogens (tertiary/aromatic N) is 5. The van der Waals surface area contributed by atoms with Gasteiger partial charge in [-0.25, -0.2) is 9.97 Å². The van der Waals surface area contributed by atoms with Gasteiger partial charge in [0.15, 0.2) is 5.65 Å². The van der Waals surface area contributed by atoms with Gasteiger partial charge in [0.2, 0.25) is 5.91 Å². The number of anilines is 1. The van der Waals surface area contributed by atoms with E-state index in [4.69, 9.17) is 0 Å². The van der Waals surface area contributed by atoms with E-state index in [1.807, 2.05) is 19.0 Å². The minimum absolute atomic E-state index is 0.0479. The van der Waals surface area contributed by atoms with E-state index >= 15 is 0 Å². The van der Waals surface area contributed by atoms with Crippen molar-refractivity contribution in [3.63, 3.8) is 0 Å². The van der Waals surface area contributed by atoms with Gasteiger partial charge in [0.1, 0.15) is 11.6 Å². The van der Waals surface area contributed by atoms with Crippen LogP contribution >= 0.6 is 0 Å². The van der Waals surface area contributed by atoms with Gasteiger partial charge in [0, 0.05) is 27.2 Å². The number of rotatable bonds is 3. The van der Waals surface area contributed by atoms with Crippen molar-refractivity contribution >= 4 is 22.8 Å². The fourth-order valence-electron chi connectivity index (χ4n) is 2.35. The molecule has 0 atom stereocenters. The molecule has 8 heteroatoms. The zero-order chi connectivity index (χ0) is 14.1. The molecule has 0 aliphatic carbocycles. The smallest absolute Gasteiger partial charge is 0.234 e. The summed E-state index contributed by atoms with van der Waals surface area (Å²) in [6.07, 6.45) is 1.75. The SMILES string of the molecule is CNc1nc(CN2CCNC(=O)C2)nc2c1cnn2C. The van der Waals surface area contributed by atoms with Crippen LogP contribution in [0.2, 0.25) is 0 Å². The maximum absolute atomic E-state index is 11.4. The first kappa shape index (κ1) is 12.8. The van der Waals surface area contributed by atoms with Crippen LogP contribution in [-0.4, -0.2) is 57.2 Å². The molecule has 2 aromatic rings. The summed E-state index contributed by atoms with van der Waals surface area (Å²) < 4.78 is 1.73. The predicted molar refractivity (Wildman–Crippen MR) is 74.1 cm³/mol. The zero-order valence-electron chi connectivity index (χ0n) is 11.6. The van der Waals surface area contributed by atoms with E-state index in [9.17, 15) is 4.79 Å². The van der Waals surface area contributed by atoms with Crippen molar-refractivity contribution in [1.82, 2.24) is 30.0 Å². The lowest BCUT2D eigenvalue weighted by molar-refractivity contribution is -0.124. The van der Waals surface area contributed by atoms with Crippen LogP contribution in [0.15, 0.2) is 6.20 Å². The topological polar surface area (TPSA) is 88.0 Å². The molecule has 1 aliphatic heterocycles. The van der Waals surface area contributed by atoms with Gasteiger partial charge in [-0.2, -0.15) is 5.10 Å². The van der Waals surface area contributed by atoms with Crippen molar-refractivity contribution in [3.8, 4) is 0 Å². The molecule has 2 N–H and O–H groups in total. The Bertz CT molecular complexity index is 651. The van der Waals surface area contributed by atoms with E-state index in [-0.39, 0.29) is 5.91 Å². The summed E-state index contributed by atoms with van der Waals surface area (Å²) in [4.78, 5) is 22.5. The van der Waals surface area contributed by atoms with Crippen LogP contribution in [0.4, 0.5) is 5.82 Å². The van der Waals surface area contributed by atoms with Crippen LogP contribution in [-0.2, 0) is 18.4 Å². The summed E-state index contributed by atoms with van der Waals surface area (Å²) in [5, 5.41) is 11.0. The highest BCUT2D eigenvalue weighted by Gasteiger charge is 2.18. The average Bonchev–Trinajstić information content (AvgIpc) is 2.80. The van der Waals surface area contributed by atoms with E-state index in [0.717, 1.165) is 23.4 Å². The highest BCUT2D eigenvalue weighted by atomic mass is 16.2. The number of piperazine rings is 1. The quantitative estimate of drug-likeness (QED) is 0.773. The van der Waals surface area contributed by atoms with Gasteiger partial charge in [0.05, 0.1) is 24.7 Å². The minimum atomic E-state index is 0.0479. The molecule has 0 radical (unpaired) electrons. The van der Waals surface area contributed by atoms with Crippen molar-refractivity contribution in [2.24, 2.45) is 7.05 Å². The molecule has 0 bridgehead atoms. The first-order chi connectivity index (χ1) is 9.67. The highest BCUT2D eigenvalue weighted by Crippen LogP contribution is 2.19. The molecular weight excluding hydrogens is 258 g/mol. The molecule has 3 rings (SSSR count). The van der Waals surface area contributed by atoms with E-state index < -0.39 is 0 Å². The van der Waals surface area contributed by atoms with Gasteiger partial charge in [0.25, 0.3) is 0 Å². The lowest BCUT2D eigenvalue weighted by Crippen LogP contribution is -2.47. The number of nitrogens with one attached hydrogen (secondary N) is 2. The summed E-state index contributed by atoms with van der Waals surface area (Å²) >= 11 is 0. The van der Waals surface area contributed by atoms with E-state index in [1.165, 1.54) is 0 Å². The number of fused-ring (bicyclic) bond motifs is 1. The predicted octanol–water partition coefficient (Wildman–Crippen LogP) is -0.663. The van der Waals surface area contributed by atoms with Gasteiger partial charge < -0.3 is 10.6 Å². The van der Waals surface area contributed by atoms with Crippen molar-refractivity contribution in [1.29, 1.82) is 0 Å². The summed E-state index contributed by atoms with van der Waals surface area (Å²) in [5.74, 6) is 1.51. The third kappa shape index (κ3) is 2.29. The van der Waals surface area contributed by atoms with E-state index in [0.29, 0.717) is 25.5 Å². The number of carbonyl (C=O) groups is 1. The number of aromatic nitrogens is 4. The van der Waals surface area contributed by atoms with Crippen LogP contribution in [0.3, 0.4) is 0 Å². The molecule has 20 heavy (non-hydrogen) atoms. The summed E-state index contributed by atoms with van der Waals surface area (Å²) in [6, 6.07) is 0. The Hall–Kier alpha value is -2.22. The molecule has 1 amide bonds. The van der Waals surface area contributed by atoms with Gasteiger partial charge in [-0.1, -0.05) is 0 Å². The van der Waals surface area contributed by atoms with Gasteiger partial charge in [-0.15, -0.1) is 0 Å². The van der Waals surface area contributed by atoms with E-state index in [1.54, 1.807) is 10.9 Å². The lowest BCUT2D eigenvalue weighted by atomic mass is 10.3. The van der Waals surface area contributed by atoms with Crippen molar-refractivity contribution in [2.75, 3.05) is 32.0 Å². The molecule has 1 aliphatic rings. The van der Waals surface area contributed by atoms with Gasteiger partial charge in [-0.3, -0.25) is 14.4 Å². The third-order valence-corrected chi connectivity index (χ3v) is 3.36. The second kappa shape index (κ2) is 5.04. The second-order valence-corrected chi connectivity index (χ2v) is 4.80. The molecule has 1 saturated heterocycles. The normalized spacial score (nSPS) is 16.4. The Morgan fingerprint density at radius 3 is 3.05 bits per heavy atom. The molecule has 0 aromatic carbocycles. The van der Waals surface area contributed by atoms with Gasteiger partial charge in [-0.05, 0) is 0 Å². The minimum Gasteiger partial charge on any atom is -0.372 e. The van der Waals surface area contributed by atoms with E-state index in [2.05, 4.69) is 25.7 Å². The number of carbonyl (C=O) groups excluding carboxylic acids is 1. The van der Waals surface area contributed by atoms with Crippen LogP contribution in [0.1, 0.15) is 5.82 Å². The van der Waals surface area contributed by atoms with Crippen LogP contribution in [0.5, 0.6) is 0 Å². The zero-order valence-corrected chi connectivity index (χ0v) is 11.6. The average molecular weight is 275 g/mol. The van der Waals surface area contributed by atoms with Crippen LogP contribution < -0.4 is 10.6 Å². The Morgan fingerprint density at radius 1 is 1.45 bits per heavy atom. The Morgan fingerprint density at radius 2 is 2.30 bits per heavy atom. The highest BCUT2D eigenvalue weighted by molar-refractivity contribution is 5.86. The molecule has 0 unspecified atom stereocenters. The Balaban J connectivity index is 1.91. The molecule has 0 saturated carbocycles. The molecule has 0 spiro atoms. The Labute approximate surface area is 116 Å². The summed E-state index contributed by atoms with van der Waals surface area (Å²) in [7, 11) is 3.68. The number of hydrogen-bond acceptors (Lipinski definition) is 6. The number of amides is 1. The number of aryl methyl sites for hydroxylation is 1. The first-order valence-electron chi connectivity index (χ1n) is 6.53. The first-order valence-corrected chi connectivity index (χ1v) is 6.53. The summed E-state index contributed by atoms with van der Waals surface area (Å²) in [6.45, 7) is 2.43. The lowest BCUT2D eigenvalue weighted by Gasteiger charge is -2.25. The van der Waals surface area contributed by atoms with Crippen LogP contribution in [0.25, 0.3) is 11.0 Å². The fraction of sp³-hybridized carbons (Fsp3) is 0.500. The standard InChI is InChI=1S/C12H17N7O/c1-13-11-8-5-15-18(2)12(8)17-9(16-11)6-19-4-3-14-10(20)7-19/h5H,3-4,6-7H2,1-2H3,(H,14,20)(H,13,16,17). The largest absolute Gasteiger partial charge is 0.372 e. The fourth-order valence-corrected chi connectivity index (χ4v) is 2.35. The molecule has 8 nitrogen and oxygen atoms in total. The summed E-state index contributed by atoms with van der Waals surface area (Å²) in [5.41, 5.74) is 0.792. The maximum Gasteiger partial charge on any atom is 0.234 e. The third-order valence-electron chi connectivity index (χ3n) is 3.36. The Kier molecular flexibility index (Phi) is 3.23. The molecule has 106 valence electrons. The number of hydrogen-bond donors (Lipinski definition) is 2. The van der Waals surface area contributed by atoms with Gasteiger partial charge >= 0.3 is 0 Å². The second-order valence-electron chi connectivity index (χ2n) is 4.80.